The van der Waals surface area contributed by atoms with Gasteiger partial charge in [0.05, 0.1) is 11.0 Å². The van der Waals surface area contributed by atoms with Crippen molar-refractivity contribution in [3.05, 3.63) is 43.5 Å². The summed E-state index contributed by atoms with van der Waals surface area (Å²) >= 11 is 9.50. The van der Waals surface area contributed by atoms with E-state index in [1.165, 1.54) is 18.3 Å². The molecule has 0 radical (unpaired) electrons. The number of halogens is 6. The highest BCUT2D eigenvalue weighted by molar-refractivity contribution is 9.10. The molecule has 0 spiro atoms. The van der Waals surface area contributed by atoms with Crippen LogP contribution < -0.4 is 5.32 Å². The molecule has 0 bridgehead atoms. The van der Waals surface area contributed by atoms with Gasteiger partial charge >= 0.3 is 6.18 Å². The summed E-state index contributed by atoms with van der Waals surface area (Å²) in [7, 11) is 0. The average Bonchev–Trinajstić information content (AvgIpc) is 2.75. The van der Waals surface area contributed by atoms with Gasteiger partial charge in [-0.1, -0.05) is 11.6 Å². The second kappa shape index (κ2) is 5.87. The third kappa shape index (κ3) is 3.42. The number of alkyl halides is 3. The van der Waals surface area contributed by atoms with Crippen LogP contribution in [0.3, 0.4) is 0 Å². The molecule has 0 aliphatic rings. The Kier molecular flexibility index (Phi) is 4.55. The van der Waals surface area contributed by atoms with E-state index < -0.39 is 17.6 Å². The maximum absolute atomic E-state index is 13.7. The molecule has 2 aromatic rings. The van der Waals surface area contributed by atoms with Crippen molar-refractivity contribution in [2.45, 2.75) is 12.7 Å². The first kappa shape index (κ1) is 15.5. The first-order valence-electron chi connectivity index (χ1n) is 5.18. The zero-order valence-electron chi connectivity index (χ0n) is 9.56. The van der Waals surface area contributed by atoms with Gasteiger partial charge in [0.15, 0.2) is 10.3 Å². The zero-order valence-corrected chi connectivity index (χ0v) is 12.7. The molecule has 1 N–H and O–H groups in total. The Morgan fingerprint density at radius 1 is 1.35 bits per heavy atom. The van der Waals surface area contributed by atoms with Gasteiger partial charge in [0.2, 0.25) is 0 Å². The third-order valence-electron chi connectivity index (χ3n) is 2.36. The molecule has 20 heavy (non-hydrogen) atoms. The van der Waals surface area contributed by atoms with Gasteiger partial charge in [-0.15, -0.1) is 11.3 Å². The van der Waals surface area contributed by atoms with Crippen LogP contribution in [0.2, 0.25) is 4.47 Å². The Hall–Kier alpha value is -0.860. The molecule has 2 nitrogen and oxygen atoms in total. The largest absolute Gasteiger partial charge is 0.421 e. The number of aromatic nitrogens is 1. The molecule has 0 aliphatic carbocycles. The molecule has 0 saturated heterocycles. The van der Waals surface area contributed by atoms with Crippen molar-refractivity contribution in [1.82, 2.24) is 4.98 Å². The van der Waals surface area contributed by atoms with Crippen molar-refractivity contribution in [3.63, 3.8) is 0 Å². The maximum Gasteiger partial charge on any atom is 0.421 e. The lowest BCUT2D eigenvalue weighted by Gasteiger charge is -2.15. The van der Waals surface area contributed by atoms with E-state index >= 15 is 0 Å². The summed E-state index contributed by atoms with van der Waals surface area (Å²) < 4.78 is 52.4. The van der Waals surface area contributed by atoms with Crippen LogP contribution in [0.25, 0.3) is 0 Å². The minimum absolute atomic E-state index is 0.0779. The van der Waals surface area contributed by atoms with Gasteiger partial charge in [0.25, 0.3) is 0 Å². The summed E-state index contributed by atoms with van der Waals surface area (Å²) in [5, 5.41) is 2.55. The minimum atomic E-state index is -4.79. The highest BCUT2D eigenvalue weighted by Gasteiger charge is 2.38. The van der Waals surface area contributed by atoms with Gasteiger partial charge < -0.3 is 5.32 Å². The lowest BCUT2D eigenvalue weighted by atomic mass is 10.1. The predicted octanol–water partition coefficient (Wildman–Crippen LogP) is 5.33. The van der Waals surface area contributed by atoms with Crippen LogP contribution in [0.15, 0.2) is 22.8 Å². The first-order valence-corrected chi connectivity index (χ1v) is 7.17. The Morgan fingerprint density at radius 2 is 2.05 bits per heavy atom. The number of nitrogens with one attached hydrogen (secondary N) is 1. The molecule has 1 heterocycles. The van der Waals surface area contributed by atoms with Crippen molar-refractivity contribution < 1.29 is 17.6 Å². The lowest BCUT2D eigenvalue weighted by molar-refractivity contribution is -0.139. The molecule has 108 valence electrons. The van der Waals surface area contributed by atoms with E-state index in [9.17, 15) is 17.6 Å². The Morgan fingerprint density at radius 3 is 2.60 bits per heavy atom. The number of hydrogen-bond acceptors (Lipinski definition) is 3. The Balaban J connectivity index is 2.30. The van der Waals surface area contributed by atoms with Crippen molar-refractivity contribution in [3.8, 4) is 0 Å². The Bertz CT molecular complexity index is 629. The van der Waals surface area contributed by atoms with Gasteiger partial charge in [-0.2, -0.15) is 13.2 Å². The second-order valence-electron chi connectivity index (χ2n) is 3.71. The van der Waals surface area contributed by atoms with Crippen LogP contribution >= 0.6 is 38.9 Å². The van der Waals surface area contributed by atoms with E-state index in [2.05, 4.69) is 26.2 Å². The Labute approximate surface area is 128 Å². The number of hydrogen-bond donors (Lipinski definition) is 1. The van der Waals surface area contributed by atoms with E-state index in [0.717, 1.165) is 11.3 Å². The van der Waals surface area contributed by atoms with Crippen LogP contribution in [0, 0.1) is 5.82 Å². The molecule has 1 aromatic carbocycles. The fourth-order valence-corrected chi connectivity index (χ4v) is 2.77. The van der Waals surface area contributed by atoms with Crippen LogP contribution in [-0.2, 0) is 12.7 Å². The van der Waals surface area contributed by atoms with Crippen molar-refractivity contribution in [2.24, 2.45) is 0 Å². The number of nitrogens with zero attached hydrogens (tertiary/aromatic N) is 1. The average molecular weight is 390 g/mol. The molecule has 1 aromatic heterocycles. The molecule has 0 fully saturated rings. The van der Waals surface area contributed by atoms with Crippen molar-refractivity contribution >= 4 is 44.6 Å². The fraction of sp³-hybridized carbons (Fsp3) is 0.182. The first-order chi connectivity index (χ1) is 9.29. The summed E-state index contributed by atoms with van der Waals surface area (Å²) in [5.74, 6) is -1.34. The van der Waals surface area contributed by atoms with E-state index in [4.69, 9.17) is 11.6 Å². The minimum Gasteiger partial charge on any atom is -0.380 e. The van der Waals surface area contributed by atoms with Gasteiger partial charge in [0, 0.05) is 16.8 Å². The van der Waals surface area contributed by atoms with E-state index in [1.54, 1.807) is 0 Å². The molecule has 0 aliphatic heterocycles. The molecule has 0 atom stereocenters. The third-order valence-corrected chi connectivity index (χ3v) is 4.08. The zero-order chi connectivity index (χ0) is 14.9. The van der Waals surface area contributed by atoms with E-state index in [0.29, 0.717) is 9.34 Å². The van der Waals surface area contributed by atoms with E-state index in [1.807, 2.05) is 0 Å². The summed E-state index contributed by atoms with van der Waals surface area (Å²) in [4.78, 5) is 4.42. The SMILES string of the molecule is Fc1c(Br)ccc(NCc2cnc(Cl)s2)c1C(F)(F)F. The normalized spacial score (nSPS) is 11.7. The maximum atomic E-state index is 13.7. The van der Waals surface area contributed by atoms with Crippen LogP contribution in [0.1, 0.15) is 10.4 Å². The summed E-state index contributed by atoms with van der Waals surface area (Å²) in [6.45, 7) is 0.0779. The summed E-state index contributed by atoms with van der Waals surface area (Å²) in [5.41, 5.74) is -1.66. The van der Waals surface area contributed by atoms with Gasteiger partial charge in [-0.25, -0.2) is 9.37 Å². The number of anilines is 1. The number of rotatable bonds is 3. The fourth-order valence-electron chi connectivity index (χ4n) is 1.52. The van der Waals surface area contributed by atoms with Gasteiger partial charge in [0.1, 0.15) is 5.56 Å². The molecular formula is C11H6BrClF4N2S. The van der Waals surface area contributed by atoms with Crippen LogP contribution in [-0.4, -0.2) is 4.98 Å². The summed E-state index contributed by atoms with van der Waals surface area (Å²) in [6.07, 6.45) is -3.34. The monoisotopic (exact) mass is 388 g/mol. The van der Waals surface area contributed by atoms with E-state index in [-0.39, 0.29) is 16.7 Å². The molecule has 0 unspecified atom stereocenters. The quantitative estimate of drug-likeness (QED) is 0.718. The standard InChI is InChI=1S/C11H6BrClF4N2S/c12-6-1-2-7(8(9(6)14)11(15,16)17)18-3-5-4-19-10(13)20-5/h1-2,4,18H,3H2. The molecule has 2 rings (SSSR count). The van der Waals surface area contributed by atoms with Crippen LogP contribution in [0.5, 0.6) is 0 Å². The second-order valence-corrected chi connectivity index (χ2v) is 6.27. The lowest BCUT2D eigenvalue weighted by Crippen LogP contribution is -2.13. The van der Waals surface area contributed by atoms with Gasteiger partial charge in [-0.3, -0.25) is 0 Å². The van der Waals surface area contributed by atoms with Crippen molar-refractivity contribution in [1.29, 1.82) is 0 Å². The van der Waals surface area contributed by atoms with Crippen LogP contribution in [0.4, 0.5) is 23.2 Å². The smallest absolute Gasteiger partial charge is 0.380 e. The number of thiazole rings is 1. The molecule has 0 amide bonds. The summed E-state index contributed by atoms with van der Waals surface area (Å²) in [6, 6.07) is 2.38. The highest BCUT2D eigenvalue weighted by atomic mass is 79.9. The topological polar surface area (TPSA) is 24.9 Å². The highest BCUT2D eigenvalue weighted by Crippen LogP contribution is 2.39. The predicted molar refractivity (Wildman–Crippen MR) is 73.6 cm³/mol. The number of benzene rings is 1. The molecule has 0 saturated carbocycles. The molecule has 9 heteroatoms. The van der Waals surface area contributed by atoms with Crippen molar-refractivity contribution in [2.75, 3.05) is 5.32 Å². The molecular weight excluding hydrogens is 384 g/mol. The van der Waals surface area contributed by atoms with Gasteiger partial charge in [-0.05, 0) is 28.1 Å².